The van der Waals surface area contributed by atoms with Gasteiger partial charge in [-0.1, -0.05) is 17.4 Å². The van der Waals surface area contributed by atoms with E-state index in [-0.39, 0.29) is 5.78 Å². The molecule has 0 radical (unpaired) electrons. The molecular weight excluding hydrogens is 394 g/mol. The maximum Gasteiger partial charge on any atom is 0.193 e. The Kier molecular flexibility index (Phi) is 5.72. The zero-order valence-corrected chi connectivity index (χ0v) is 17.9. The van der Waals surface area contributed by atoms with Gasteiger partial charge in [0.2, 0.25) is 0 Å². The minimum absolute atomic E-state index is 0.00847. The highest BCUT2D eigenvalue weighted by Crippen LogP contribution is 2.25. The van der Waals surface area contributed by atoms with Crippen LogP contribution in [0.1, 0.15) is 38.6 Å². The van der Waals surface area contributed by atoms with Crippen LogP contribution in [0.25, 0.3) is 21.8 Å². The van der Waals surface area contributed by atoms with Crippen LogP contribution >= 0.6 is 11.3 Å². The van der Waals surface area contributed by atoms with Crippen molar-refractivity contribution in [1.82, 2.24) is 25.1 Å². The van der Waals surface area contributed by atoms with Crippen molar-refractivity contribution in [3.63, 3.8) is 0 Å². The normalized spacial score (nSPS) is 10.9. The maximum absolute atomic E-state index is 12.6. The van der Waals surface area contributed by atoms with E-state index in [0.717, 1.165) is 39.2 Å². The molecule has 0 saturated carbocycles. The molecule has 4 rings (SSSR count). The molecule has 30 heavy (non-hydrogen) atoms. The van der Waals surface area contributed by atoms with E-state index >= 15 is 0 Å². The average Bonchev–Trinajstić information content (AvgIpc) is 3.22. The number of Topliss-reactive ketones (excluding diaryl/α,β-unsaturated/α-hetero) is 1. The van der Waals surface area contributed by atoms with E-state index in [1.165, 1.54) is 11.3 Å². The quantitative estimate of drug-likeness (QED) is 0.421. The molecular formula is C23H21N5OS. The van der Waals surface area contributed by atoms with E-state index in [9.17, 15) is 4.79 Å². The Morgan fingerprint density at radius 1 is 0.967 bits per heavy atom. The summed E-state index contributed by atoms with van der Waals surface area (Å²) in [5.74, 6) is -0.00847. The fourth-order valence-corrected chi connectivity index (χ4v) is 4.05. The molecule has 0 spiro atoms. The lowest BCUT2D eigenvalue weighted by Gasteiger charge is -2.08. The number of carbonyl (C=O) groups excluding carboxylic acids is 1. The van der Waals surface area contributed by atoms with Crippen LogP contribution in [-0.2, 0) is 6.42 Å². The van der Waals surface area contributed by atoms with Gasteiger partial charge in [-0.25, -0.2) is 0 Å². The average molecular weight is 416 g/mol. The largest absolute Gasteiger partial charge is 0.291 e. The molecule has 0 N–H and O–H groups in total. The molecule has 0 bridgehead atoms. The van der Waals surface area contributed by atoms with E-state index < -0.39 is 0 Å². The van der Waals surface area contributed by atoms with Crippen molar-refractivity contribution in [2.75, 3.05) is 0 Å². The van der Waals surface area contributed by atoms with Gasteiger partial charge < -0.3 is 0 Å². The lowest BCUT2D eigenvalue weighted by Crippen LogP contribution is -2.02. The van der Waals surface area contributed by atoms with Gasteiger partial charge in [-0.2, -0.15) is 0 Å². The second kappa shape index (κ2) is 8.59. The van der Waals surface area contributed by atoms with Gasteiger partial charge in [0, 0.05) is 48.0 Å². The first-order valence-electron chi connectivity index (χ1n) is 9.67. The summed E-state index contributed by atoms with van der Waals surface area (Å²) in [4.78, 5) is 25.6. The van der Waals surface area contributed by atoms with Gasteiger partial charge in [0.1, 0.15) is 5.01 Å². The summed E-state index contributed by atoms with van der Waals surface area (Å²) in [7, 11) is 0. The Hall–Kier alpha value is -3.32. The van der Waals surface area contributed by atoms with E-state index in [1.54, 1.807) is 18.6 Å². The van der Waals surface area contributed by atoms with Crippen molar-refractivity contribution in [2.24, 2.45) is 0 Å². The number of hydrogen-bond donors (Lipinski definition) is 0. The molecule has 4 heterocycles. The maximum atomic E-state index is 12.6. The first-order chi connectivity index (χ1) is 14.5. The molecule has 7 heteroatoms. The van der Waals surface area contributed by atoms with Gasteiger partial charge >= 0.3 is 0 Å². The summed E-state index contributed by atoms with van der Waals surface area (Å²) in [5.41, 5.74) is 6.99. The molecule has 4 aromatic rings. The predicted molar refractivity (Wildman–Crippen MR) is 117 cm³/mol. The van der Waals surface area contributed by atoms with Gasteiger partial charge in [-0.3, -0.25) is 19.7 Å². The molecule has 0 unspecified atom stereocenters. The number of aromatic nitrogens is 5. The van der Waals surface area contributed by atoms with Crippen molar-refractivity contribution in [2.45, 2.75) is 33.6 Å². The predicted octanol–water partition coefficient (Wildman–Crippen LogP) is 4.80. The molecule has 150 valence electrons. The Balaban J connectivity index is 1.44. The number of aryl methyl sites for hydroxylation is 4. The summed E-state index contributed by atoms with van der Waals surface area (Å²) in [5, 5.41) is 9.39. The zero-order valence-electron chi connectivity index (χ0n) is 17.1. The van der Waals surface area contributed by atoms with Crippen LogP contribution in [0.5, 0.6) is 0 Å². The highest BCUT2D eigenvalue weighted by Gasteiger charge is 2.15. The van der Waals surface area contributed by atoms with Crippen LogP contribution in [0, 0.1) is 20.8 Å². The smallest absolute Gasteiger partial charge is 0.193 e. The van der Waals surface area contributed by atoms with E-state index in [1.807, 2.05) is 45.2 Å². The summed E-state index contributed by atoms with van der Waals surface area (Å²) in [6, 6.07) is 8.06. The molecule has 0 amide bonds. The Labute approximate surface area is 179 Å². The van der Waals surface area contributed by atoms with Crippen molar-refractivity contribution in [3.8, 4) is 21.8 Å². The summed E-state index contributed by atoms with van der Waals surface area (Å²) in [6.07, 6.45) is 8.14. The topological polar surface area (TPSA) is 81.5 Å². The fourth-order valence-electron chi connectivity index (χ4n) is 3.25. The van der Waals surface area contributed by atoms with Crippen LogP contribution in [0.15, 0.2) is 49.1 Å². The first kappa shape index (κ1) is 20.0. The number of carbonyl (C=O) groups is 1. The summed E-state index contributed by atoms with van der Waals surface area (Å²) in [6.45, 7) is 5.98. The molecule has 6 nitrogen and oxygen atoms in total. The van der Waals surface area contributed by atoms with Crippen molar-refractivity contribution < 1.29 is 4.79 Å². The molecule has 0 atom stereocenters. The van der Waals surface area contributed by atoms with Crippen LogP contribution < -0.4 is 0 Å². The Bertz CT molecular complexity index is 1220. The molecule has 0 aliphatic heterocycles. The molecule has 0 fully saturated rings. The third-order valence-electron chi connectivity index (χ3n) is 4.73. The van der Waals surface area contributed by atoms with Crippen LogP contribution in [0.2, 0.25) is 0 Å². The van der Waals surface area contributed by atoms with E-state index in [4.69, 9.17) is 0 Å². The zero-order chi connectivity index (χ0) is 21.1. The summed E-state index contributed by atoms with van der Waals surface area (Å²) >= 11 is 1.31. The third kappa shape index (κ3) is 4.46. The lowest BCUT2D eigenvalue weighted by atomic mass is 10.0. The highest BCUT2D eigenvalue weighted by atomic mass is 32.1. The van der Waals surface area contributed by atoms with E-state index in [0.29, 0.717) is 22.9 Å². The standard InChI is InChI=1S/C23H21N5OS/c1-14-8-19(13-24-11-14)22-27-28-23(30-22)20(29)5-4-17-9-15(2)21(26-12-17)18-6-7-25-16(3)10-18/h6-13H,4-5H2,1-3H3. The van der Waals surface area contributed by atoms with E-state index in [2.05, 4.69) is 31.2 Å². The SMILES string of the molecule is Cc1cncc(-c2nnc(C(=O)CCc3cnc(-c4ccnc(C)c4)c(C)c3)s2)c1. The van der Waals surface area contributed by atoms with Crippen LogP contribution in [0.4, 0.5) is 0 Å². The van der Waals surface area contributed by atoms with Gasteiger partial charge in [0.05, 0.1) is 5.69 Å². The number of pyridine rings is 3. The number of nitrogens with zero attached hydrogens (tertiary/aromatic N) is 5. The number of ketones is 1. The first-order valence-corrected chi connectivity index (χ1v) is 10.5. The number of hydrogen-bond acceptors (Lipinski definition) is 7. The monoisotopic (exact) mass is 415 g/mol. The molecule has 0 aliphatic carbocycles. The minimum Gasteiger partial charge on any atom is -0.291 e. The molecule has 0 aliphatic rings. The molecule has 0 saturated heterocycles. The van der Waals surface area contributed by atoms with Crippen LogP contribution in [-0.4, -0.2) is 30.9 Å². The lowest BCUT2D eigenvalue weighted by molar-refractivity contribution is 0.0981. The minimum atomic E-state index is -0.00847. The second-order valence-corrected chi connectivity index (χ2v) is 8.26. The highest BCUT2D eigenvalue weighted by molar-refractivity contribution is 7.16. The van der Waals surface area contributed by atoms with Crippen molar-refractivity contribution in [3.05, 3.63) is 76.4 Å². The van der Waals surface area contributed by atoms with Gasteiger partial charge in [-0.15, -0.1) is 10.2 Å². The van der Waals surface area contributed by atoms with Crippen molar-refractivity contribution in [1.29, 1.82) is 0 Å². The molecule has 0 aromatic carbocycles. The Morgan fingerprint density at radius 2 is 1.83 bits per heavy atom. The Morgan fingerprint density at radius 3 is 2.60 bits per heavy atom. The van der Waals surface area contributed by atoms with Crippen LogP contribution in [0.3, 0.4) is 0 Å². The van der Waals surface area contributed by atoms with Gasteiger partial charge in [0.25, 0.3) is 0 Å². The third-order valence-corrected chi connectivity index (χ3v) is 5.74. The summed E-state index contributed by atoms with van der Waals surface area (Å²) < 4.78 is 0. The van der Waals surface area contributed by atoms with Gasteiger partial charge in [-0.05, 0) is 62.1 Å². The second-order valence-electron chi connectivity index (χ2n) is 7.28. The fraction of sp³-hybridized carbons (Fsp3) is 0.217. The van der Waals surface area contributed by atoms with Crippen molar-refractivity contribution >= 4 is 17.1 Å². The number of rotatable bonds is 6. The van der Waals surface area contributed by atoms with Gasteiger partial charge in [0.15, 0.2) is 10.8 Å². The molecule has 4 aromatic heterocycles.